The molecule has 22 heavy (non-hydrogen) atoms. The molecule has 1 aliphatic rings. The maximum Gasteiger partial charge on any atom is 0.257 e. The largest absolute Gasteiger partial charge is 0.387 e. The Bertz CT molecular complexity index is 685. The number of benzene rings is 2. The molecule has 0 saturated heterocycles. The van der Waals surface area contributed by atoms with E-state index in [9.17, 15) is 18.7 Å². The molecule has 1 amide bonds. The van der Waals surface area contributed by atoms with Crippen LogP contribution in [0.25, 0.3) is 0 Å². The van der Waals surface area contributed by atoms with Crippen LogP contribution in [0, 0.1) is 11.6 Å². The molecule has 0 radical (unpaired) electrons. The molecule has 3 rings (SSSR count). The van der Waals surface area contributed by atoms with Crippen molar-refractivity contribution in [3.8, 4) is 0 Å². The van der Waals surface area contributed by atoms with Crippen LogP contribution in [0.3, 0.4) is 0 Å². The highest BCUT2D eigenvalue weighted by atomic mass is 19.1. The lowest BCUT2D eigenvalue weighted by molar-refractivity contribution is 0.0477. The van der Waals surface area contributed by atoms with Crippen molar-refractivity contribution >= 4 is 5.91 Å². The van der Waals surface area contributed by atoms with Crippen molar-refractivity contribution in [1.82, 2.24) is 5.32 Å². The van der Waals surface area contributed by atoms with Gasteiger partial charge in [-0.05, 0) is 23.3 Å². The van der Waals surface area contributed by atoms with Crippen molar-refractivity contribution in [3.05, 3.63) is 70.8 Å². The highest BCUT2D eigenvalue weighted by molar-refractivity contribution is 5.94. The molecule has 0 heterocycles. The van der Waals surface area contributed by atoms with E-state index in [2.05, 4.69) is 5.32 Å². The van der Waals surface area contributed by atoms with Crippen LogP contribution in [-0.2, 0) is 12.8 Å². The van der Waals surface area contributed by atoms with Crippen LogP contribution in [0.4, 0.5) is 8.78 Å². The highest BCUT2D eigenvalue weighted by Crippen LogP contribution is 2.29. The zero-order chi connectivity index (χ0) is 15.7. The Morgan fingerprint density at radius 2 is 1.59 bits per heavy atom. The lowest BCUT2D eigenvalue weighted by Crippen LogP contribution is -2.44. The Kier molecular flexibility index (Phi) is 3.66. The predicted octanol–water partition coefficient (Wildman–Crippen LogP) is 2.22. The number of hydrogen-bond donors (Lipinski definition) is 2. The Balaban J connectivity index is 1.70. The van der Waals surface area contributed by atoms with E-state index in [1.165, 1.54) is 6.07 Å². The minimum absolute atomic E-state index is 0.0612. The monoisotopic (exact) mass is 303 g/mol. The second kappa shape index (κ2) is 5.50. The van der Waals surface area contributed by atoms with E-state index in [1.54, 1.807) is 0 Å². The van der Waals surface area contributed by atoms with Crippen molar-refractivity contribution in [2.75, 3.05) is 6.54 Å². The maximum absolute atomic E-state index is 13.5. The zero-order valence-corrected chi connectivity index (χ0v) is 11.8. The van der Waals surface area contributed by atoms with Crippen LogP contribution >= 0.6 is 0 Å². The minimum atomic E-state index is -1.12. The fraction of sp³-hybridized carbons (Fsp3) is 0.235. The lowest BCUT2D eigenvalue weighted by Gasteiger charge is -2.22. The van der Waals surface area contributed by atoms with E-state index in [0.717, 1.165) is 23.3 Å². The van der Waals surface area contributed by atoms with E-state index in [1.807, 2.05) is 24.3 Å². The minimum Gasteiger partial charge on any atom is -0.387 e. The van der Waals surface area contributed by atoms with Gasteiger partial charge in [-0.3, -0.25) is 4.79 Å². The van der Waals surface area contributed by atoms with Gasteiger partial charge in [0, 0.05) is 19.4 Å². The maximum atomic E-state index is 13.5. The summed E-state index contributed by atoms with van der Waals surface area (Å²) in [6.07, 6.45) is 0.812. The van der Waals surface area contributed by atoms with Crippen LogP contribution < -0.4 is 5.32 Å². The first-order valence-corrected chi connectivity index (χ1v) is 7.00. The van der Waals surface area contributed by atoms with Crippen molar-refractivity contribution < 1.29 is 18.7 Å². The topological polar surface area (TPSA) is 49.3 Å². The average Bonchev–Trinajstić information content (AvgIpc) is 2.81. The summed E-state index contributed by atoms with van der Waals surface area (Å²) in [4.78, 5) is 12.0. The molecule has 1 aliphatic carbocycles. The molecule has 2 aromatic carbocycles. The zero-order valence-electron chi connectivity index (χ0n) is 11.8. The normalized spacial score (nSPS) is 15.4. The molecule has 3 nitrogen and oxygen atoms in total. The number of carbonyl (C=O) groups is 1. The van der Waals surface area contributed by atoms with Crippen molar-refractivity contribution in [3.63, 3.8) is 0 Å². The van der Waals surface area contributed by atoms with Gasteiger partial charge in [0.1, 0.15) is 17.2 Å². The number of rotatable bonds is 3. The van der Waals surface area contributed by atoms with E-state index in [-0.39, 0.29) is 6.54 Å². The number of carbonyl (C=O) groups excluding carboxylic acids is 1. The average molecular weight is 303 g/mol. The first-order valence-electron chi connectivity index (χ1n) is 7.00. The van der Waals surface area contributed by atoms with Gasteiger partial charge in [0.05, 0.1) is 5.60 Å². The van der Waals surface area contributed by atoms with Crippen LogP contribution in [0.5, 0.6) is 0 Å². The van der Waals surface area contributed by atoms with Gasteiger partial charge in [-0.25, -0.2) is 8.78 Å². The first kappa shape index (κ1) is 14.7. The highest BCUT2D eigenvalue weighted by Gasteiger charge is 2.35. The second-order valence-electron chi connectivity index (χ2n) is 5.63. The van der Waals surface area contributed by atoms with E-state index in [0.29, 0.717) is 12.8 Å². The smallest absolute Gasteiger partial charge is 0.257 e. The Morgan fingerprint density at radius 1 is 1.05 bits per heavy atom. The molecule has 0 spiro atoms. The SMILES string of the molecule is O=C(NCC1(O)Cc2ccccc2C1)c1c(F)cccc1F. The summed E-state index contributed by atoms with van der Waals surface area (Å²) >= 11 is 0. The molecule has 5 heteroatoms. The van der Waals surface area contributed by atoms with Crippen LogP contribution in [0.15, 0.2) is 42.5 Å². The van der Waals surface area contributed by atoms with Gasteiger partial charge in [-0.1, -0.05) is 30.3 Å². The standard InChI is InChI=1S/C17H15F2NO2/c18-13-6-3-7-14(19)15(13)16(21)20-10-17(22)8-11-4-1-2-5-12(11)9-17/h1-7,22H,8-10H2,(H,20,21). The van der Waals surface area contributed by atoms with Crippen molar-refractivity contribution in [2.24, 2.45) is 0 Å². The molecular weight excluding hydrogens is 288 g/mol. The third-order valence-corrected chi connectivity index (χ3v) is 3.93. The number of aliphatic hydroxyl groups is 1. The molecular formula is C17H15F2NO2. The first-order chi connectivity index (χ1) is 10.5. The Hall–Kier alpha value is -2.27. The van der Waals surface area contributed by atoms with Crippen LogP contribution in [0.1, 0.15) is 21.5 Å². The molecule has 0 atom stereocenters. The summed E-state index contributed by atoms with van der Waals surface area (Å²) < 4.78 is 27.1. The van der Waals surface area contributed by atoms with Crippen molar-refractivity contribution in [1.29, 1.82) is 0 Å². The Morgan fingerprint density at radius 3 is 2.14 bits per heavy atom. The van der Waals surface area contributed by atoms with Crippen LogP contribution in [-0.4, -0.2) is 23.2 Å². The quantitative estimate of drug-likeness (QED) is 0.913. The summed E-state index contributed by atoms with van der Waals surface area (Å²) in [7, 11) is 0. The molecule has 2 N–H and O–H groups in total. The number of hydrogen-bond acceptors (Lipinski definition) is 2. The molecule has 0 aliphatic heterocycles. The molecule has 0 unspecified atom stereocenters. The molecule has 0 bridgehead atoms. The number of fused-ring (bicyclic) bond motifs is 1. The number of nitrogens with one attached hydrogen (secondary N) is 1. The summed E-state index contributed by atoms with van der Waals surface area (Å²) in [5.41, 5.74) is 0.301. The lowest BCUT2D eigenvalue weighted by atomic mass is 10.0. The summed E-state index contributed by atoms with van der Waals surface area (Å²) in [6.45, 7) is -0.0612. The molecule has 0 fully saturated rings. The summed E-state index contributed by atoms with van der Waals surface area (Å²) in [5, 5.41) is 13.0. The molecule has 0 saturated carbocycles. The van der Waals surface area contributed by atoms with Gasteiger partial charge >= 0.3 is 0 Å². The summed E-state index contributed by atoms with van der Waals surface area (Å²) in [5.74, 6) is -2.70. The van der Waals surface area contributed by atoms with Gasteiger partial charge in [0.15, 0.2) is 0 Å². The van der Waals surface area contributed by atoms with Gasteiger partial charge in [-0.2, -0.15) is 0 Å². The molecule has 114 valence electrons. The van der Waals surface area contributed by atoms with E-state index in [4.69, 9.17) is 0 Å². The van der Waals surface area contributed by atoms with Gasteiger partial charge in [0.25, 0.3) is 5.91 Å². The van der Waals surface area contributed by atoms with E-state index < -0.39 is 28.7 Å². The van der Waals surface area contributed by atoms with Gasteiger partial charge in [-0.15, -0.1) is 0 Å². The fourth-order valence-corrected chi connectivity index (χ4v) is 2.85. The van der Waals surface area contributed by atoms with Gasteiger partial charge < -0.3 is 10.4 Å². The molecule has 2 aromatic rings. The predicted molar refractivity (Wildman–Crippen MR) is 77.5 cm³/mol. The third kappa shape index (κ3) is 2.72. The van der Waals surface area contributed by atoms with Gasteiger partial charge in [0.2, 0.25) is 0 Å². The third-order valence-electron chi connectivity index (χ3n) is 3.93. The number of amides is 1. The number of halogens is 2. The van der Waals surface area contributed by atoms with E-state index >= 15 is 0 Å². The summed E-state index contributed by atoms with van der Waals surface area (Å²) in [6, 6.07) is 10.9. The molecule has 0 aromatic heterocycles. The van der Waals surface area contributed by atoms with Crippen LogP contribution in [0.2, 0.25) is 0 Å². The Labute approximate surface area is 126 Å². The van der Waals surface area contributed by atoms with Crippen molar-refractivity contribution in [2.45, 2.75) is 18.4 Å². The fourth-order valence-electron chi connectivity index (χ4n) is 2.85. The second-order valence-corrected chi connectivity index (χ2v) is 5.63.